The number of aromatic nitrogens is 6. The molecular formula is C61H41N7O. The van der Waals surface area contributed by atoms with Crippen molar-refractivity contribution in [1.82, 2.24) is 29.9 Å². The highest BCUT2D eigenvalue weighted by Crippen LogP contribution is 2.39. The second-order valence-corrected chi connectivity index (χ2v) is 16.9. The summed E-state index contributed by atoms with van der Waals surface area (Å²) >= 11 is 0. The van der Waals surface area contributed by atoms with Crippen molar-refractivity contribution in [1.29, 1.82) is 0 Å². The number of aromatic amines is 2. The van der Waals surface area contributed by atoms with Crippen molar-refractivity contribution in [2.24, 2.45) is 0 Å². The van der Waals surface area contributed by atoms with Crippen LogP contribution in [-0.2, 0) is 0 Å². The Balaban J connectivity index is 0.977. The van der Waals surface area contributed by atoms with Gasteiger partial charge in [-0.2, -0.15) is 0 Å². The summed E-state index contributed by atoms with van der Waals surface area (Å²) in [5.41, 5.74) is 19.8. The van der Waals surface area contributed by atoms with E-state index in [0.29, 0.717) is 11.3 Å². The van der Waals surface area contributed by atoms with Gasteiger partial charge in [-0.3, -0.25) is 14.8 Å². The fraction of sp³-hybridized carbons (Fsp3) is 0. The molecule has 0 radical (unpaired) electrons. The lowest BCUT2D eigenvalue weighted by Gasteiger charge is -2.09. The Bertz CT molecular complexity index is 3750. The molecule has 0 saturated carbocycles. The minimum absolute atomic E-state index is 0.204. The van der Waals surface area contributed by atoms with Crippen LogP contribution in [0, 0.1) is 0 Å². The van der Waals surface area contributed by atoms with Gasteiger partial charge >= 0.3 is 0 Å². The summed E-state index contributed by atoms with van der Waals surface area (Å²) in [6.07, 6.45) is 12.0. The first-order valence-corrected chi connectivity index (χ1v) is 22.8. The quantitative estimate of drug-likeness (QED) is 0.141. The molecule has 2 aliphatic rings. The second-order valence-electron chi connectivity index (χ2n) is 16.9. The fourth-order valence-corrected chi connectivity index (χ4v) is 9.24. The molecule has 7 heterocycles. The van der Waals surface area contributed by atoms with Crippen molar-refractivity contribution < 1.29 is 4.79 Å². The average Bonchev–Trinajstić information content (AvgIpc) is 4.27. The van der Waals surface area contributed by atoms with Crippen LogP contribution < -0.4 is 5.32 Å². The number of rotatable bonds is 8. The van der Waals surface area contributed by atoms with E-state index in [9.17, 15) is 4.79 Å². The number of nitrogens with one attached hydrogen (secondary N) is 3. The molecule has 8 heteroatoms. The molecule has 0 saturated heterocycles. The van der Waals surface area contributed by atoms with E-state index in [4.69, 9.17) is 9.97 Å². The molecule has 8 nitrogen and oxygen atoms in total. The van der Waals surface area contributed by atoms with Gasteiger partial charge in [-0.1, -0.05) is 121 Å². The molecule has 0 aliphatic carbocycles. The maximum Gasteiger partial charge on any atom is 0.255 e. The Hall–Kier alpha value is -9.53. The molecule has 2 aliphatic heterocycles. The van der Waals surface area contributed by atoms with Crippen molar-refractivity contribution in [3.8, 4) is 67.0 Å². The number of H-pyrrole nitrogens is 2. The zero-order chi connectivity index (χ0) is 46.1. The van der Waals surface area contributed by atoms with Crippen molar-refractivity contribution in [3.63, 3.8) is 0 Å². The van der Waals surface area contributed by atoms with E-state index in [1.165, 1.54) is 0 Å². The highest BCUT2D eigenvalue weighted by atomic mass is 16.1. The van der Waals surface area contributed by atoms with Crippen LogP contribution in [0.2, 0.25) is 0 Å². The topological polar surface area (TPSA) is 112 Å². The predicted octanol–water partition coefficient (Wildman–Crippen LogP) is 14.7. The van der Waals surface area contributed by atoms with E-state index in [1.54, 1.807) is 12.4 Å². The van der Waals surface area contributed by atoms with Gasteiger partial charge in [0.1, 0.15) is 0 Å². The third-order valence-electron chi connectivity index (χ3n) is 12.5. The van der Waals surface area contributed by atoms with Crippen LogP contribution in [0.5, 0.6) is 0 Å². The number of anilines is 1. The SMILES string of the molecule is O=C(Nc1ccc(-c2c3nc(c(-c4ccccc4)c4ccc([nH]4)c(-c4ccccc4)c4nc(c(-c5ccccc5)c5ccc2[nH]5)C=C4)C=C3)cc1)c1ccc(-c2ccnc(-c3ccccn3)c2)cc1. The number of carbonyl (C=O) groups is 1. The Morgan fingerprint density at radius 3 is 1.23 bits per heavy atom. The van der Waals surface area contributed by atoms with Crippen molar-refractivity contribution in [2.45, 2.75) is 0 Å². The molecule has 0 spiro atoms. The first-order valence-electron chi connectivity index (χ1n) is 22.8. The number of pyridine rings is 2. The average molecular weight is 888 g/mol. The van der Waals surface area contributed by atoms with E-state index in [2.05, 4.69) is 147 Å². The van der Waals surface area contributed by atoms with Crippen LogP contribution >= 0.6 is 0 Å². The molecule has 3 N–H and O–H groups in total. The Morgan fingerprint density at radius 1 is 0.362 bits per heavy atom. The van der Waals surface area contributed by atoms with Crippen LogP contribution in [-0.4, -0.2) is 35.8 Å². The van der Waals surface area contributed by atoms with Gasteiger partial charge in [-0.25, -0.2) is 9.97 Å². The normalized spacial score (nSPS) is 11.7. The lowest BCUT2D eigenvalue weighted by Crippen LogP contribution is -2.11. The van der Waals surface area contributed by atoms with Gasteiger partial charge in [0, 0.05) is 68.0 Å². The maximum absolute atomic E-state index is 13.7. The summed E-state index contributed by atoms with van der Waals surface area (Å²) in [5, 5.41) is 3.11. The van der Waals surface area contributed by atoms with Gasteiger partial charge in [0.05, 0.1) is 34.2 Å². The highest BCUT2D eigenvalue weighted by Gasteiger charge is 2.19. The summed E-state index contributed by atoms with van der Waals surface area (Å²) in [7, 11) is 0. The third-order valence-corrected chi connectivity index (χ3v) is 12.5. The van der Waals surface area contributed by atoms with Gasteiger partial charge in [0.15, 0.2) is 0 Å². The van der Waals surface area contributed by atoms with Gasteiger partial charge in [0.2, 0.25) is 0 Å². The van der Waals surface area contributed by atoms with Crippen LogP contribution in [0.1, 0.15) is 33.1 Å². The molecule has 5 aromatic carbocycles. The minimum Gasteiger partial charge on any atom is -0.354 e. The maximum atomic E-state index is 13.7. The zero-order valence-electron chi connectivity index (χ0n) is 37.1. The minimum atomic E-state index is -0.204. The lowest BCUT2D eigenvalue weighted by molar-refractivity contribution is 0.102. The zero-order valence-corrected chi connectivity index (χ0v) is 37.1. The standard InChI is InChI=1S/C61H41N7O/c69-61(44-21-19-39(20-22-44)45-35-37-63-56(38-45)47-18-10-11-36-62-47)64-46-25-23-43(24-26-46)60-54-33-31-52(67-54)58(41-14-6-2-7-15-41)50-29-27-48(65-50)57(40-12-4-1-5-13-40)49-28-30-51(66-49)59(42-16-8-3-9-17-42)53-32-34-55(60)68-53/h1-38,65,68H,(H,64,69). The highest BCUT2D eigenvalue weighted by molar-refractivity contribution is 6.05. The molecule has 5 aromatic heterocycles. The fourth-order valence-electron chi connectivity index (χ4n) is 9.24. The van der Waals surface area contributed by atoms with E-state index in [-0.39, 0.29) is 5.91 Å². The van der Waals surface area contributed by atoms with E-state index >= 15 is 0 Å². The molecule has 0 atom stereocenters. The smallest absolute Gasteiger partial charge is 0.255 e. The summed E-state index contributed by atoms with van der Waals surface area (Å²) in [5.74, 6) is -0.204. The molecule has 10 aromatic rings. The van der Waals surface area contributed by atoms with Crippen molar-refractivity contribution >= 4 is 58.0 Å². The first kappa shape index (κ1) is 40.9. The largest absolute Gasteiger partial charge is 0.354 e. The molecule has 12 rings (SSSR count). The second kappa shape index (κ2) is 17.7. The number of amides is 1. The number of carbonyl (C=O) groups excluding carboxylic acids is 1. The van der Waals surface area contributed by atoms with Crippen molar-refractivity contribution in [2.75, 3.05) is 5.32 Å². The lowest BCUT2D eigenvalue weighted by atomic mass is 10.0. The van der Waals surface area contributed by atoms with Gasteiger partial charge < -0.3 is 15.3 Å². The van der Waals surface area contributed by atoms with Crippen LogP contribution in [0.15, 0.2) is 207 Å². The third kappa shape index (κ3) is 8.02. The molecule has 0 unspecified atom stereocenters. The molecule has 1 amide bonds. The number of nitrogens with zero attached hydrogens (tertiary/aromatic N) is 4. The van der Waals surface area contributed by atoms with E-state index < -0.39 is 0 Å². The van der Waals surface area contributed by atoms with E-state index in [0.717, 1.165) is 112 Å². The molecule has 0 fully saturated rings. The molecule has 69 heavy (non-hydrogen) atoms. The molecule has 326 valence electrons. The Kier molecular flexibility index (Phi) is 10.5. The van der Waals surface area contributed by atoms with Crippen LogP contribution in [0.25, 0.3) is 113 Å². The first-order chi connectivity index (χ1) is 34.1. The summed E-state index contributed by atoms with van der Waals surface area (Å²) in [6.45, 7) is 0. The molecule has 8 bridgehead atoms. The predicted molar refractivity (Wildman–Crippen MR) is 281 cm³/mol. The van der Waals surface area contributed by atoms with Crippen LogP contribution in [0.4, 0.5) is 5.69 Å². The number of fused-ring (bicyclic) bond motifs is 8. The van der Waals surface area contributed by atoms with E-state index in [1.807, 2.05) is 97.1 Å². The Morgan fingerprint density at radius 2 is 0.783 bits per heavy atom. The van der Waals surface area contributed by atoms with Gasteiger partial charge in [-0.05, 0) is 130 Å². The number of hydrogen-bond donors (Lipinski definition) is 3. The number of hydrogen-bond acceptors (Lipinski definition) is 5. The summed E-state index contributed by atoms with van der Waals surface area (Å²) in [6, 6.07) is 65.1. The summed E-state index contributed by atoms with van der Waals surface area (Å²) in [4.78, 5) is 41.1. The van der Waals surface area contributed by atoms with Gasteiger partial charge in [0.25, 0.3) is 5.91 Å². The van der Waals surface area contributed by atoms with Crippen molar-refractivity contribution in [3.05, 3.63) is 235 Å². The molecular weight excluding hydrogens is 847 g/mol. The summed E-state index contributed by atoms with van der Waals surface area (Å²) < 4.78 is 0. The van der Waals surface area contributed by atoms with Gasteiger partial charge in [-0.15, -0.1) is 0 Å². The number of benzene rings is 5. The Labute approximate surface area is 398 Å². The van der Waals surface area contributed by atoms with Crippen LogP contribution in [0.3, 0.4) is 0 Å². The monoisotopic (exact) mass is 887 g/mol.